The minimum absolute atomic E-state index is 0. The zero-order chi connectivity index (χ0) is 4.99. The molecule has 0 radical (unpaired) electrons. The third-order valence-electron chi connectivity index (χ3n) is 0.357. The summed E-state index contributed by atoms with van der Waals surface area (Å²) in [5.74, 6) is -0.602. The molecule has 0 amide bonds. The first kappa shape index (κ1) is 10.3. The summed E-state index contributed by atoms with van der Waals surface area (Å²) in [7, 11) is 1.22. The van der Waals surface area contributed by atoms with E-state index >= 15 is 0 Å². The van der Waals surface area contributed by atoms with E-state index in [4.69, 9.17) is 5.11 Å². The van der Waals surface area contributed by atoms with Crippen LogP contribution in [0.5, 0.6) is 0 Å². The van der Waals surface area contributed by atoms with Crippen molar-refractivity contribution in [2.24, 2.45) is 0 Å². The number of hydrogen-bond donors (Lipinski definition) is 1. The molecule has 0 aliphatic carbocycles. The number of rotatable bonds is 1. The molecule has 0 rings (SSSR count). The Morgan fingerprint density at radius 2 is 2.29 bits per heavy atom. The number of aliphatic hydroxyl groups is 1. The maximum absolute atomic E-state index is 9.71. The van der Waals surface area contributed by atoms with Crippen molar-refractivity contribution in [3.05, 3.63) is 0 Å². The van der Waals surface area contributed by atoms with Crippen LogP contribution in [0.2, 0.25) is 0 Å². The maximum Gasteiger partial charge on any atom is 0.331 e. The number of carbonyl (C=O) groups is 1. The molecule has 1 N–H and O–H groups in total. The fourth-order valence-electron chi connectivity index (χ4n) is 0.0645. The first-order valence-corrected chi connectivity index (χ1v) is 1.49. The van der Waals surface area contributed by atoms with Crippen molar-refractivity contribution >= 4 is 5.97 Å². The van der Waals surface area contributed by atoms with Gasteiger partial charge in [-0.2, -0.15) is 0 Å². The molecule has 40 valence electrons. The first-order chi connectivity index (χ1) is 2.81. The fraction of sp³-hybridized carbons (Fsp3) is 0.667. The first-order valence-electron chi connectivity index (χ1n) is 1.49. The molecular weight excluding hydrogens is 175 g/mol. The molecule has 0 fully saturated rings. The second kappa shape index (κ2) is 6.31. The van der Waals surface area contributed by atoms with Crippen LogP contribution in [-0.4, -0.2) is 24.8 Å². The number of aliphatic hydroxyl groups excluding tert-OH is 1. The van der Waals surface area contributed by atoms with Gasteiger partial charge >= 0.3 is 5.97 Å². The molecule has 0 aromatic heterocycles. The van der Waals surface area contributed by atoms with Gasteiger partial charge in [0.25, 0.3) is 0 Å². The van der Waals surface area contributed by atoms with Gasteiger partial charge in [0, 0.05) is 26.2 Å². The quantitative estimate of drug-likeness (QED) is 0.536. The average molecular weight is 181 g/mol. The largest absolute Gasteiger partial charge is 0.467 e. The minimum Gasteiger partial charge on any atom is -0.467 e. The molecule has 0 heterocycles. The molecule has 3 nitrogen and oxygen atoms in total. The number of hydrogen-bond acceptors (Lipinski definition) is 3. The zero-order valence-electron chi connectivity index (χ0n) is 3.97. The summed E-state index contributed by atoms with van der Waals surface area (Å²) in [6, 6.07) is 0. The van der Waals surface area contributed by atoms with E-state index in [-0.39, 0.29) is 26.2 Å². The van der Waals surface area contributed by atoms with Gasteiger partial charge in [-0.1, -0.05) is 0 Å². The van der Waals surface area contributed by atoms with E-state index in [1.54, 1.807) is 0 Å². The summed E-state index contributed by atoms with van der Waals surface area (Å²) >= 11 is 0. The van der Waals surface area contributed by atoms with Crippen LogP contribution in [0.1, 0.15) is 0 Å². The molecule has 0 atom stereocenters. The summed E-state index contributed by atoms with van der Waals surface area (Å²) in [6.07, 6.45) is 0. The average Bonchev–Trinajstić information content (AvgIpc) is 1.65. The van der Waals surface area contributed by atoms with Gasteiger partial charge < -0.3 is 9.84 Å². The monoisotopic (exact) mass is 180 g/mol. The Morgan fingerprint density at radius 1 is 1.86 bits per heavy atom. The molecule has 0 bridgehead atoms. The van der Waals surface area contributed by atoms with Crippen LogP contribution in [0.25, 0.3) is 0 Å². The molecule has 0 aliphatic rings. The topological polar surface area (TPSA) is 46.5 Å². The van der Waals surface area contributed by atoms with Crippen molar-refractivity contribution in [1.82, 2.24) is 0 Å². The Labute approximate surface area is 60.8 Å². The van der Waals surface area contributed by atoms with Gasteiger partial charge in [0.2, 0.25) is 0 Å². The smallest absolute Gasteiger partial charge is 0.331 e. The summed E-state index contributed by atoms with van der Waals surface area (Å²) in [4.78, 5) is 9.71. The predicted octanol–water partition coefficient (Wildman–Crippen LogP) is -0.851. The molecule has 0 saturated heterocycles. The Morgan fingerprint density at radius 3 is 2.29 bits per heavy atom. The minimum atomic E-state index is -0.602. The standard InChI is InChI=1S/C3H6O3.Zr/c1-6-3(5)2-4;/h4H,2H2,1H3;. The van der Waals surface area contributed by atoms with Gasteiger partial charge in [0.05, 0.1) is 7.11 Å². The fourth-order valence-corrected chi connectivity index (χ4v) is 0.0645. The predicted molar refractivity (Wildman–Crippen MR) is 19.1 cm³/mol. The molecule has 0 aromatic carbocycles. The van der Waals surface area contributed by atoms with Crippen LogP contribution in [0.3, 0.4) is 0 Å². The van der Waals surface area contributed by atoms with E-state index in [0.29, 0.717) is 0 Å². The van der Waals surface area contributed by atoms with Crippen LogP contribution < -0.4 is 0 Å². The van der Waals surface area contributed by atoms with Crippen molar-refractivity contribution in [1.29, 1.82) is 0 Å². The second-order valence-corrected chi connectivity index (χ2v) is 0.734. The van der Waals surface area contributed by atoms with E-state index in [9.17, 15) is 4.79 Å². The molecule has 0 aliphatic heterocycles. The van der Waals surface area contributed by atoms with Gasteiger partial charge in [-0.3, -0.25) is 0 Å². The van der Waals surface area contributed by atoms with Gasteiger partial charge in [-0.05, 0) is 0 Å². The summed E-state index contributed by atoms with van der Waals surface area (Å²) in [6.45, 7) is -0.531. The van der Waals surface area contributed by atoms with Crippen LogP contribution in [0, 0.1) is 0 Å². The van der Waals surface area contributed by atoms with Gasteiger partial charge in [-0.25, -0.2) is 4.79 Å². The van der Waals surface area contributed by atoms with Crippen LogP contribution in [-0.2, 0) is 35.7 Å². The zero-order valence-corrected chi connectivity index (χ0v) is 6.43. The second-order valence-electron chi connectivity index (χ2n) is 0.734. The molecule has 0 aromatic rings. The normalized spacial score (nSPS) is 6.57. The number of esters is 1. The Hall–Kier alpha value is 0.313. The third kappa shape index (κ3) is 6.31. The van der Waals surface area contributed by atoms with Crippen molar-refractivity contribution in [3.63, 3.8) is 0 Å². The third-order valence-corrected chi connectivity index (χ3v) is 0.357. The Balaban J connectivity index is 0. The van der Waals surface area contributed by atoms with E-state index in [2.05, 4.69) is 4.74 Å². The van der Waals surface area contributed by atoms with Crippen LogP contribution >= 0.6 is 0 Å². The SMILES string of the molecule is COC(=O)CO.[Zr]. The van der Waals surface area contributed by atoms with E-state index in [1.807, 2.05) is 0 Å². The van der Waals surface area contributed by atoms with Crippen molar-refractivity contribution in [2.45, 2.75) is 0 Å². The molecule has 0 spiro atoms. The number of methoxy groups -OCH3 is 1. The van der Waals surface area contributed by atoms with Gasteiger partial charge in [-0.15, -0.1) is 0 Å². The molecular formula is C3H6O3Zr. The molecule has 0 unspecified atom stereocenters. The van der Waals surface area contributed by atoms with Crippen molar-refractivity contribution < 1.29 is 40.8 Å². The number of carbonyl (C=O) groups excluding carboxylic acids is 1. The Bertz CT molecular complexity index is 48.1. The summed E-state index contributed by atoms with van der Waals surface area (Å²) < 4.78 is 4.01. The van der Waals surface area contributed by atoms with Crippen LogP contribution in [0.15, 0.2) is 0 Å². The molecule has 7 heavy (non-hydrogen) atoms. The molecule has 4 heteroatoms. The van der Waals surface area contributed by atoms with Crippen molar-refractivity contribution in [3.8, 4) is 0 Å². The van der Waals surface area contributed by atoms with Gasteiger partial charge in [0.1, 0.15) is 6.61 Å². The van der Waals surface area contributed by atoms with Crippen molar-refractivity contribution in [2.75, 3.05) is 13.7 Å². The number of ether oxygens (including phenoxy) is 1. The van der Waals surface area contributed by atoms with Gasteiger partial charge in [0.15, 0.2) is 0 Å². The maximum atomic E-state index is 9.71. The molecule has 0 saturated carbocycles. The van der Waals surface area contributed by atoms with E-state index in [1.165, 1.54) is 7.11 Å². The summed E-state index contributed by atoms with van der Waals surface area (Å²) in [5.41, 5.74) is 0. The summed E-state index contributed by atoms with van der Waals surface area (Å²) in [5, 5.41) is 7.86. The Kier molecular flexibility index (Phi) is 9.31. The van der Waals surface area contributed by atoms with E-state index < -0.39 is 12.6 Å². The van der Waals surface area contributed by atoms with E-state index in [0.717, 1.165) is 0 Å². The van der Waals surface area contributed by atoms with Crippen LogP contribution in [0.4, 0.5) is 0 Å².